The van der Waals surface area contributed by atoms with Crippen LogP contribution in [0.15, 0.2) is 12.1 Å². The number of hydrogen-bond acceptors (Lipinski definition) is 6. The van der Waals surface area contributed by atoms with Gasteiger partial charge in [-0.15, -0.1) is 0 Å². The number of hydrogen-bond donors (Lipinski definition) is 1. The highest BCUT2D eigenvalue weighted by Crippen LogP contribution is 2.45. The van der Waals surface area contributed by atoms with Crippen molar-refractivity contribution < 1.29 is 28.5 Å². The fraction of sp³-hybridized carbons (Fsp3) is 0.600. The number of amides is 2. The largest absolute Gasteiger partial charge is 0.493 e. The highest BCUT2D eigenvalue weighted by Gasteiger charge is 2.43. The molecular formula is C20H28N2O6. The lowest BCUT2D eigenvalue weighted by molar-refractivity contribution is -0.142. The van der Waals surface area contributed by atoms with Crippen LogP contribution in [0.1, 0.15) is 30.9 Å². The first-order valence-electron chi connectivity index (χ1n) is 9.46. The first-order valence-corrected chi connectivity index (χ1v) is 9.46. The van der Waals surface area contributed by atoms with Crippen LogP contribution in [0, 0.1) is 0 Å². The molecule has 1 saturated heterocycles. The third-order valence-electron chi connectivity index (χ3n) is 5.62. The number of carbonyl (C=O) groups is 2. The molecule has 1 spiro atoms. The van der Waals surface area contributed by atoms with Gasteiger partial charge in [-0.1, -0.05) is 0 Å². The molecule has 1 N–H and O–H groups in total. The first-order chi connectivity index (χ1) is 13.4. The van der Waals surface area contributed by atoms with Crippen LogP contribution in [0.5, 0.6) is 11.5 Å². The van der Waals surface area contributed by atoms with Crippen molar-refractivity contribution in [3.05, 3.63) is 23.3 Å². The predicted molar refractivity (Wildman–Crippen MR) is 102 cm³/mol. The number of methoxy groups -OCH3 is 3. The molecule has 1 unspecified atom stereocenters. The van der Waals surface area contributed by atoms with Gasteiger partial charge >= 0.3 is 6.09 Å². The molecule has 0 aliphatic carbocycles. The number of likely N-dealkylation sites (tertiary alicyclic amines) is 1. The highest BCUT2D eigenvalue weighted by atomic mass is 16.5. The number of benzene rings is 1. The van der Waals surface area contributed by atoms with Crippen LogP contribution >= 0.6 is 0 Å². The zero-order chi connectivity index (χ0) is 20.3. The van der Waals surface area contributed by atoms with Gasteiger partial charge < -0.3 is 29.2 Å². The molecule has 28 heavy (non-hydrogen) atoms. The zero-order valence-corrected chi connectivity index (χ0v) is 16.9. The van der Waals surface area contributed by atoms with E-state index in [9.17, 15) is 9.59 Å². The molecule has 1 fully saturated rings. The van der Waals surface area contributed by atoms with Gasteiger partial charge in [0.15, 0.2) is 11.5 Å². The summed E-state index contributed by atoms with van der Waals surface area (Å²) >= 11 is 0. The second-order valence-corrected chi connectivity index (χ2v) is 7.14. The molecule has 154 valence electrons. The lowest BCUT2D eigenvalue weighted by Crippen LogP contribution is -2.53. The second kappa shape index (κ2) is 8.26. The van der Waals surface area contributed by atoms with E-state index in [1.165, 1.54) is 12.7 Å². The lowest BCUT2D eigenvalue weighted by atomic mass is 9.79. The molecule has 8 nitrogen and oxygen atoms in total. The van der Waals surface area contributed by atoms with E-state index >= 15 is 0 Å². The summed E-state index contributed by atoms with van der Waals surface area (Å²) < 4.78 is 21.7. The summed E-state index contributed by atoms with van der Waals surface area (Å²) in [6.07, 6.45) is 1.58. The molecule has 1 aromatic carbocycles. The van der Waals surface area contributed by atoms with Crippen molar-refractivity contribution in [2.75, 3.05) is 41.0 Å². The topological polar surface area (TPSA) is 86.3 Å². The summed E-state index contributed by atoms with van der Waals surface area (Å²) in [6.45, 7) is 3.41. The van der Waals surface area contributed by atoms with E-state index in [0.717, 1.165) is 12.0 Å². The van der Waals surface area contributed by atoms with Gasteiger partial charge in [-0.25, -0.2) is 4.79 Å². The Morgan fingerprint density at radius 1 is 1.14 bits per heavy atom. The van der Waals surface area contributed by atoms with Crippen LogP contribution in [0.2, 0.25) is 0 Å². The molecule has 0 saturated carbocycles. The molecule has 2 amide bonds. The summed E-state index contributed by atoms with van der Waals surface area (Å²) in [5.74, 6) is 1.28. The van der Waals surface area contributed by atoms with Crippen LogP contribution in [0.4, 0.5) is 4.79 Å². The number of fused-ring (bicyclic) bond motifs is 2. The van der Waals surface area contributed by atoms with Gasteiger partial charge in [0.1, 0.15) is 6.04 Å². The minimum Gasteiger partial charge on any atom is -0.493 e. The molecule has 0 bridgehead atoms. The highest BCUT2D eigenvalue weighted by molar-refractivity contribution is 5.85. The van der Waals surface area contributed by atoms with E-state index < -0.39 is 17.7 Å². The van der Waals surface area contributed by atoms with E-state index in [1.54, 1.807) is 26.0 Å². The van der Waals surface area contributed by atoms with Gasteiger partial charge in [-0.05, 0) is 49.4 Å². The first kappa shape index (κ1) is 20.3. The average Bonchev–Trinajstić information content (AvgIpc) is 2.73. The van der Waals surface area contributed by atoms with Crippen molar-refractivity contribution in [2.24, 2.45) is 0 Å². The van der Waals surface area contributed by atoms with Gasteiger partial charge in [0, 0.05) is 13.1 Å². The van der Waals surface area contributed by atoms with Crippen LogP contribution in [-0.4, -0.2) is 64.0 Å². The SMILES string of the molecule is COC(=O)NC(C)C(=O)N1CCC2(CC1)OCCc1cc(OC)c(OC)cc12. The summed E-state index contributed by atoms with van der Waals surface area (Å²) in [7, 11) is 4.53. The number of rotatable bonds is 4. The summed E-state index contributed by atoms with van der Waals surface area (Å²) in [5, 5.41) is 2.53. The van der Waals surface area contributed by atoms with E-state index in [-0.39, 0.29) is 5.91 Å². The Kier molecular flexibility index (Phi) is 5.98. The minimum atomic E-state index is -0.634. The van der Waals surface area contributed by atoms with Crippen LogP contribution in [0.3, 0.4) is 0 Å². The fourth-order valence-corrected chi connectivity index (χ4v) is 4.06. The third kappa shape index (κ3) is 3.73. The number of alkyl carbamates (subject to hydrolysis) is 1. The van der Waals surface area contributed by atoms with Crippen LogP contribution in [-0.2, 0) is 26.3 Å². The van der Waals surface area contributed by atoms with Crippen LogP contribution in [0.25, 0.3) is 0 Å². The summed E-state index contributed by atoms with van der Waals surface area (Å²) in [6, 6.07) is 3.40. The van der Waals surface area contributed by atoms with Crippen molar-refractivity contribution in [1.82, 2.24) is 10.2 Å². The standard InChI is InChI=1S/C20H28N2O6/c1-13(21-19(24)27-4)18(23)22-8-6-20(7-9-22)15-12-17(26-3)16(25-2)11-14(15)5-10-28-20/h11-13H,5-10H2,1-4H3,(H,21,24). The quantitative estimate of drug-likeness (QED) is 0.842. The summed E-state index contributed by atoms with van der Waals surface area (Å²) in [5.41, 5.74) is 1.89. The van der Waals surface area contributed by atoms with Crippen molar-refractivity contribution >= 4 is 12.0 Å². The molecule has 2 aliphatic heterocycles. The van der Waals surface area contributed by atoms with Gasteiger partial charge in [-0.2, -0.15) is 0 Å². The smallest absolute Gasteiger partial charge is 0.407 e. The summed E-state index contributed by atoms with van der Waals surface area (Å²) in [4.78, 5) is 25.8. The molecule has 0 aromatic heterocycles. The lowest BCUT2D eigenvalue weighted by Gasteiger charge is -2.45. The Hall–Kier alpha value is -2.48. The van der Waals surface area contributed by atoms with E-state index in [0.29, 0.717) is 44.0 Å². The second-order valence-electron chi connectivity index (χ2n) is 7.14. The molecule has 1 atom stereocenters. The molecular weight excluding hydrogens is 364 g/mol. The number of nitrogens with zero attached hydrogens (tertiary/aromatic N) is 1. The normalized spacial score (nSPS) is 18.8. The van der Waals surface area contributed by atoms with Gasteiger partial charge in [-0.3, -0.25) is 4.79 Å². The molecule has 8 heteroatoms. The molecule has 3 rings (SSSR count). The molecule has 2 aliphatic rings. The minimum absolute atomic E-state index is 0.122. The van der Waals surface area contributed by atoms with Crippen molar-refractivity contribution in [1.29, 1.82) is 0 Å². The van der Waals surface area contributed by atoms with Crippen molar-refractivity contribution in [3.63, 3.8) is 0 Å². The Balaban J connectivity index is 1.76. The maximum Gasteiger partial charge on any atom is 0.407 e. The monoisotopic (exact) mass is 392 g/mol. The Bertz CT molecular complexity index is 742. The third-order valence-corrected chi connectivity index (χ3v) is 5.62. The zero-order valence-electron chi connectivity index (χ0n) is 16.9. The number of ether oxygens (including phenoxy) is 4. The average molecular weight is 392 g/mol. The van der Waals surface area contributed by atoms with Gasteiger partial charge in [0.05, 0.1) is 33.5 Å². The molecule has 2 heterocycles. The number of nitrogens with one attached hydrogen (secondary N) is 1. The van der Waals surface area contributed by atoms with Crippen molar-refractivity contribution in [2.45, 2.75) is 37.8 Å². The van der Waals surface area contributed by atoms with Gasteiger partial charge in [0.2, 0.25) is 5.91 Å². The van der Waals surface area contributed by atoms with E-state index in [4.69, 9.17) is 14.2 Å². The predicted octanol–water partition coefficient (Wildman–Crippen LogP) is 1.84. The fourth-order valence-electron chi connectivity index (χ4n) is 4.06. The Morgan fingerprint density at radius 2 is 1.79 bits per heavy atom. The van der Waals surface area contributed by atoms with E-state index in [2.05, 4.69) is 10.1 Å². The Labute approximate surface area is 165 Å². The number of carbonyl (C=O) groups excluding carboxylic acids is 2. The van der Waals surface area contributed by atoms with Gasteiger partial charge in [0.25, 0.3) is 0 Å². The molecule has 0 radical (unpaired) electrons. The maximum absolute atomic E-state index is 12.6. The Morgan fingerprint density at radius 3 is 2.39 bits per heavy atom. The molecule has 1 aromatic rings. The number of piperidine rings is 1. The van der Waals surface area contributed by atoms with E-state index in [1.807, 2.05) is 12.1 Å². The van der Waals surface area contributed by atoms with Crippen LogP contribution < -0.4 is 14.8 Å². The van der Waals surface area contributed by atoms with Crippen molar-refractivity contribution in [3.8, 4) is 11.5 Å². The maximum atomic E-state index is 12.6.